The highest BCUT2D eigenvalue weighted by atomic mass is 16.5. The Morgan fingerprint density at radius 3 is 2.43 bits per heavy atom. The Kier molecular flexibility index (Phi) is 7.14. The quantitative estimate of drug-likeness (QED) is 0.702. The van der Waals surface area contributed by atoms with Crippen molar-refractivity contribution in [2.75, 3.05) is 26.8 Å². The molecule has 1 saturated heterocycles. The summed E-state index contributed by atoms with van der Waals surface area (Å²) >= 11 is 0. The number of aliphatic carboxylic acids is 1. The van der Waals surface area contributed by atoms with Crippen molar-refractivity contribution in [3.63, 3.8) is 0 Å². The van der Waals surface area contributed by atoms with E-state index in [4.69, 9.17) is 9.84 Å². The van der Waals surface area contributed by atoms with Crippen molar-refractivity contribution in [1.82, 2.24) is 10.2 Å². The fraction of sp³-hybridized carbons (Fsp3) is 0.786. The minimum atomic E-state index is -0.880. The summed E-state index contributed by atoms with van der Waals surface area (Å²) < 4.78 is 4.76. The summed E-state index contributed by atoms with van der Waals surface area (Å²) in [6, 6.07) is 0.0770. The summed E-state index contributed by atoms with van der Waals surface area (Å²) in [6.07, 6.45) is 1.70. The molecule has 120 valence electrons. The van der Waals surface area contributed by atoms with Gasteiger partial charge in [0.05, 0.1) is 0 Å². The van der Waals surface area contributed by atoms with E-state index in [2.05, 4.69) is 5.32 Å². The fourth-order valence-corrected chi connectivity index (χ4v) is 2.47. The maximum absolute atomic E-state index is 12.0. The molecule has 1 heterocycles. The number of piperidine rings is 1. The molecule has 7 heteroatoms. The van der Waals surface area contributed by atoms with Crippen molar-refractivity contribution in [2.24, 2.45) is 5.92 Å². The molecular weight excluding hydrogens is 276 g/mol. The number of carbonyl (C=O) groups is 3. The first-order valence-corrected chi connectivity index (χ1v) is 7.20. The van der Waals surface area contributed by atoms with Crippen LogP contribution in [0.5, 0.6) is 0 Å². The van der Waals surface area contributed by atoms with Crippen LogP contribution in [0.2, 0.25) is 0 Å². The molecule has 1 atom stereocenters. The van der Waals surface area contributed by atoms with Crippen molar-refractivity contribution in [3.05, 3.63) is 0 Å². The van der Waals surface area contributed by atoms with Crippen molar-refractivity contribution >= 4 is 17.8 Å². The molecule has 0 radical (unpaired) electrons. The maximum Gasteiger partial charge on any atom is 0.303 e. The largest absolute Gasteiger partial charge is 0.481 e. The summed E-state index contributed by atoms with van der Waals surface area (Å²) in [5, 5.41) is 11.6. The van der Waals surface area contributed by atoms with Crippen LogP contribution < -0.4 is 5.32 Å². The molecule has 0 aliphatic carbocycles. The highest BCUT2D eigenvalue weighted by Gasteiger charge is 2.25. The minimum absolute atomic E-state index is 0.00887. The third kappa shape index (κ3) is 6.57. The normalized spacial score (nSPS) is 17.3. The summed E-state index contributed by atoms with van der Waals surface area (Å²) in [6.45, 7) is 3.00. The molecule has 0 spiro atoms. The van der Waals surface area contributed by atoms with E-state index in [1.165, 1.54) is 7.11 Å². The van der Waals surface area contributed by atoms with Gasteiger partial charge in [0.1, 0.15) is 6.61 Å². The van der Waals surface area contributed by atoms with Crippen molar-refractivity contribution in [1.29, 1.82) is 0 Å². The van der Waals surface area contributed by atoms with Gasteiger partial charge in [0, 0.05) is 39.1 Å². The second kappa shape index (κ2) is 8.61. The molecule has 1 aliphatic heterocycles. The number of nitrogens with zero attached hydrogens (tertiary/aromatic N) is 1. The molecule has 2 amide bonds. The third-order valence-corrected chi connectivity index (χ3v) is 3.53. The molecule has 21 heavy (non-hydrogen) atoms. The van der Waals surface area contributed by atoms with E-state index in [1.54, 1.807) is 11.8 Å². The number of likely N-dealkylation sites (tertiary alicyclic amines) is 1. The smallest absolute Gasteiger partial charge is 0.303 e. The lowest BCUT2D eigenvalue weighted by Crippen LogP contribution is -2.47. The van der Waals surface area contributed by atoms with Gasteiger partial charge < -0.3 is 20.1 Å². The third-order valence-electron chi connectivity index (χ3n) is 3.53. The minimum Gasteiger partial charge on any atom is -0.481 e. The zero-order valence-electron chi connectivity index (χ0n) is 12.6. The molecule has 0 aromatic rings. The van der Waals surface area contributed by atoms with Crippen LogP contribution in [0.4, 0.5) is 0 Å². The topological polar surface area (TPSA) is 95.9 Å². The first-order chi connectivity index (χ1) is 9.92. The number of carboxylic acid groups (broad SMARTS) is 1. The first kappa shape index (κ1) is 17.4. The van der Waals surface area contributed by atoms with Crippen LogP contribution in [0, 0.1) is 5.92 Å². The molecular formula is C14H24N2O5. The predicted octanol–water partition coefficient (Wildman–Crippen LogP) is 0.241. The number of nitrogens with one attached hydrogen (secondary N) is 1. The zero-order chi connectivity index (χ0) is 15.8. The number of hydrogen-bond acceptors (Lipinski definition) is 4. The van der Waals surface area contributed by atoms with Crippen LogP contribution in [-0.2, 0) is 19.1 Å². The van der Waals surface area contributed by atoms with Gasteiger partial charge in [-0.2, -0.15) is 0 Å². The molecule has 0 aromatic carbocycles. The van der Waals surface area contributed by atoms with Gasteiger partial charge in [-0.15, -0.1) is 0 Å². The van der Waals surface area contributed by atoms with Crippen molar-refractivity contribution in [3.8, 4) is 0 Å². The fourth-order valence-electron chi connectivity index (χ4n) is 2.47. The Labute approximate surface area is 124 Å². The number of carbonyl (C=O) groups excluding carboxylic acids is 2. The average molecular weight is 300 g/mol. The summed E-state index contributed by atoms with van der Waals surface area (Å²) in [5.41, 5.74) is 0. The van der Waals surface area contributed by atoms with Crippen molar-refractivity contribution < 1.29 is 24.2 Å². The average Bonchev–Trinajstić information content (AvgIpc) is 2.38. The van der Waals surface area contributed by atoms with Crippen LogP contribution in [0.1, 0.15) is 32.6 Å². The molecule has 1 rings (SSSR count). The number of carboxylic acids is 1. The number of ether oxygens (including phenoxy) is 1. The summed E-state index contributed by atoms with van der Waals surface area (Å²) in [5.74, 6) is -1.19. The lowest BCUT2D eigenvalue weighted by Gasteiger charge is -2.33. The lowest BCUT2D eigenvalue weighted by atomic mass is 10.0. The van der Waals surface area contributed by atoms with Crippen LogP contribution in [0.15, 0.2) is 0 Å². The van der Waals surface area contributed by atoms with Crippen molar-refractivity contribution in [2.45, 2.75) is 38.6 Å². The number of rotatable bonds is 7. The van der Waals surface area contributed by atoms with Crippen LogP contribution in [-0.4, -0.2) is 60.6 Å². The molecule has 1 unspecified atom stereocenters. The number of hydrogen-bond donors (Lipinski definition) is 2. The van der Waals surface area contributed by atoms with Crippen LogP contribution in [0.25, 0.3) is 0 Å². The first-order valence-electron chi connectivity index (χ1n) is 7.20. The van der Waals surface area contributed by atoms with Gasteiger partial charge >= 0.3 is 5.97 Å². The Bertz CT molecular complexity index is 378. The Balaban J connectivity index is 2.30. The standard InChI is InChI=1S/C14H24N2O5/c1-10(8-14(19)20)7-13(18)16-5-3-11(4-6-16)15-12(17)9-21-2/h10-11H,3-9H2,1-2H3,(H,15,17)(H,19,20). The van der Waals surface area contributed by atoms with E-state index >= 15 is 0 Å². The van der Waals surface area contributed by atoms with Gasteiger partial charge in [0.2, 0.25) is 11.8 Å². The molecule has 0 saturated carbocycles. The summed E-state index contributed by atoms with van der Waals surface area (Å²) in [4.78, 5) is 35.8. The number of amides is 2. The highest BCUT2D eigenvalue weighted by molar-refractivity contribution is 5.78. The predicted molar refractivity (Wildman–Crippen MR) is 75.7 cm³/mol. The van der Waals surface area contributed by atoms with E-state index in [0.29, 0.717) is 25.9 Å². The SMILES string of the molecule is COCC(=O)NC1CCN(C(=O)CC(C)CC(=O)O)CC1. The molecule has 0 bridgehead atoms. The molecule has 1 fully saturated rings. The molecule has 2 N–H and O–H groups in total. The van der Waals surface area contributed by atoms with Gasteiger partial charge in [-0.3, -0.25) is 14.4 Å². The highest BCUT2D eigenvalue weighted by Crippen LogP contribution is 2.15. The van der Waals surface area contributed by atoms with E-state index in [9.17, 15) is 14.4 Å². The molecule has 1 aliphatic rings. The maximum atomic E-state index is 12.0. The number of methoxy groups -OCH3 is 1. The Morgan fingerprint density at radius 2 is 1.90 bits per heavy atom. The van der Waals surface area contributed by atoms with Crippen LogP contribution >= 0.6 is 0 Å². The second-order valence-corrected chi connectivity index (χ2v) is 5.56. The van der Waals surface area contributed by atoms with Gasteiger partial charge in [0.15, 0.2) is 0 Å². The van der Waals surface area contributed by atoms with E-state index in [0.717, 1.165) is 0 Å². The van der Waals surface area contributed by atoms with Gasteiger partial charge in [-0.25, -0.2) is 0 Å². The Hall–Kier alpha value is -1.63. The Morgan fingerprint density at radius 1 is 1.29 bits per heavy atom. The van der Waals surface area contributed by atoms with E-state index in [-0.39, 0.29) is 43.2 Å². The van der Waals surface area contributed by atoms with Crippen LogP contribution in [0.3, 0.4) is 0 Å². The van der Waals surface area contributed by atoms with E-state index in [1.807, 2.05) is 0 Å². The van der Waals surface area contributed by atoms with Gasteiger partial charge in [-0.1, -0.05) is 6.92 Å². The van der Waals surface area contributed by atoms with Gasteiger partial charge in [0.25, 0.3) is 0 Å². The monoisotopic (exact) mass is 300 g/mol. The summed E-state index contributed by atoms with van der Waals surface area (Å²) in [7, 11) is 1.47. The molecule has 7 nitrogen and oxygen atoms in total. The zero-order valence-corrected chi connectivity index (χ0v) is 12.6. The lowest BCUT2D eigenvalue weighted by molar-refractivity contribution is -0.138. The second-order valence-electron chi connectivity index (χ2n) is 5.56. The van der Waals surface area contributed by atoms with Gasteiger partial charge in [-0.05, 0) is 18.8 Å². The molecule has 0 aromatic heterocycles. The van der Waals surface area contributed by atoms with E-state index < -0.39 is 5.97 Å².